The molecule has 8 heteroatoms. The van der Waals surface area contributed by atoms with E-state index in [0.717, 1.165) is 6.07 Å². The SMILES string of the molecule is COC(=O)[C@@]12COC[C@@H]1CN(C(=O)c1cc(F)ccc1OC)C2.Cl. The molecule has 2 fully saturated rings. The molecule has 1 aromatic carbocycles. The number of halogens is 2. The van der Waals surface area contributed by atoms with Crippen LogP contribution in [0.1, 0.15) is 10.4 Å². The van der Waals surface area contributed by atoms with E-state index in [4.69, 9.17) is 14.2 Å². The highest BCUT2D eigenvalue weighted by Crippen LogP contribution is 2.43. The van der Waals surface area contributed by atoms with E-state index >= 15 is 0 Å². The maximum atomic E-state index is 13.5. The van der Waals surface area contributed by atoms with Gasteiger partial charge in [-0.05, 0) is 18.2 Å². The Kier molecular flexibility index (Phi) is 5.35. The van der Waals surface area contributed by atoms with E-state index in [1.54, 1.807) is 4.90 Å². The second-order valence-corrected chi connectivity index (χ2v) is 5.89. The zero-order chi connectivity index (χ0) is 16.6. The van der Waals surface area contributed by atoms with E-state index in [0.29, 0.717) is 18.9 Å². The minimum absolute atomic E-state index is 0. The number of methoxy groups -OCH3 is 2. The monoisotopic (exact) mass is 359 g/mol. The molecule has 2 atom stereocenters. The first-order valence-corrected chi connectivity index (χ1v) is 7.31. The number of carbonyl (C=O) groups excluding carboxylic acids is 2. The fourth-order valence-electron chi connectivity index (χ4n) is 3.40. The van der Waals surface area contributed by atoms with Gasteiger partial charge in [-0.2, -0.15) is 0 Å². The molecule has 2 heterocycles. The van der Waals surface area contributed by atoms with Crippen molar-refractivity contribution in [1.29, 1.82) is 0 Å². The van der Waals surface area contributed by atoms with Crippen LogP contribution in [0, 0.1) is 17.2 Å². The smallest absolute Gasteiger partial charge is 0.316 e. The van der Waals surface area contributed by atoms with Crippen LogP contribution in [-0.4, -0.2) is 57.3 Å². The van der Waals surface area contributed by atoms with E-state index in [9.17, 15) is 14.0 Å². The second-order valence-electron chi connectivity index (χ2n) is 5.89. The maximum Gasteiger partial charge on any atom is 0.316 e. The summed E-state index contributed by atoms with van der Waals surface area (Å²) < 4.78 is 28.9. The first-order valence-electron chi connectivity index (χ1n) is 7.31. The number of benzene rings is 1. The second kappa shape index (κ2) is 6.94. The van der Waals surface area contributed by atoms with Gasteiger partial charge in [0.15, 0.2) is 0 Å². The van der Waals surface area contributed by atoms with Crippen molar-refractivity contribution in [2.24, 2.45) is 11.3 Å². The summed E-state index contributed by atoms with van der Waals surface area (Å²) in [6.45, 7) is 1.20. The number of nitrogens with zero attached hydrogens (tertiary/aromatic N) is 1. The van der Waals surface area contributed by atoms with E-state index in [-0.39, 0.29) is 48.9 Å². The van der Waals surface area contributed by atoms with Crippen LogP contribution in [0.5, 0.6) is 5.75 Å². The van der Waals surface area contributed by atoms with E-state index < -0.39 is 11.2 Å². The first-order chi connectivity index (χ1) is 11.0. The Labute approximate surface area is 145 Å². The van der Waals surface area contributed by atoms with Gasteiger partial charge in [0.1, 0.15) is 17.0 Å². The third-order valence-corrected chi connectivity index (χ3v) is 4.64. The number of hydrogen-bond acceptors (Lipinski definition) is 5. The standard InChI is InChI=1S/C16H18FNO5.ClH/c1-21-13-4-3-11(17)5-12(13)14(19)18-6-10-7-23-9-16(10,8-18)15(20)22-2;/h3-5,10H,6-9H2,1-2H3;1H/t10-,16-;/m0./s1. The van der Waals surface area contributed by atoms with E-state index in [1.165, 1.54) is 26.4 Å². The number of amides is 1. The molecule has 2 saturated heterocycles. The molecular weight excluding hydrogens is 341 g/mol. The third kappa shape index (κ3) is 2.82. The molecule has 0 radical (unpaired) electrons. The molecular formula is C16H19ClFNO5. The van der Waals surface area contributed by atoms with Gasteiger partial charge < -0.3 is 19.1 Å². The zero-order valence-electron chi connectivity index (χ0n) is 13.4. The van der Waals surface area contributed by atoms with E-state index in [2.05, 4.69) is 0 Å². The Bertz CT molecular complexity index is 655. The lowest BCUT2D eigenvalue weighted by atomic mass is 9.81. The van der Waals surface area contributed by atoms with Crippen LogP contribution >= 0.6 is 12.4 Å². The van der Waals surface area contributed by atoms with Crippen molar-refractivity contribution in [2.75, 3.05) is 40.5 Å². The van der Waals surface area contributed by atoms with Crippen molar-refractivity contribution < 1.29 is 28.2 Å². The molecule has 6 nitrogen and oxygen atoms in total. The van der Waals surface area contributed by atoms with Gasteiger partial charge in [0.2, 0.25) is 0 Å². The minimum atomic E-state index is -0.828. The molecule has 2 aliphatic heterocycles. The van der Waals surface area contributed by atoms with Gasteiger partial charge in [-0.1, -0.05) is 0 Å². The third-order valence-electron chi connectivity index (χ3n) is 4.64. The first kappa shape index (κ1) is 18.5. The lowest BCUT2D eigenvalue weighted by Crippen LogP contribution is -2.41. The number of rotatable bonds is 3. The van der Waals surface area contributed by atoms with Gasteiger partial charge >= 0.3 is 5.97 Å². The average Bonchev–Trinajstić information content (AvgIpc) is 3.11. The van der Waals surface area contributed by atoms with Gasteiger partial charge in [0, 0.05) is 19.0 Å². The molecule has 132 valence electrons. The van der Waals surface area contributed by atoms with Crippen LogP contribution in [0.4, 0.5) is 4.39 Å². The summed E-state index contributed by atoms with van der Waals surface area (Å²) in [7, 11) is 2.75. The van der Waals surface area contributed by atoms with Crippen molar-refractivity contribution in [1.82, 2.24) is 4.90 Å². The normalized spacial score (nSPS) is 25.0. The Balaban J connectivity index is 0.00000208. The van der Waals surface area contributed by atoms with Crippen molar-refractivity contribution in [3.05, 3.63) is 29.6 Å². The molecule has 0 spiro atoms. The van der Waals surface area contributed by atoms with E-state index in [1.807, 2.05) is 0 Å². The number of carbonyl (C=O) groups is 2. The van der Waals surface area contributed by atoms with Crippen LogP contribution in [-0.2, 0) is 14.3 Å². The fourth-order valence-corrected chi connectivity index (χ4v) is 3.40. The molecule has 0 unspecified atom stereocenters. The largest absolute Gasteiger partial charge is 0.496 e. The average molecular weight is 360 g/mol. The summed E-state index contributed by atoms with van der Waals surface area (Å²) in [6.07, 6.45) is 0. The Morgan fingerprint density at radius 2 is 2.12 bits per heavy atom. The number of fused-ring (bicyclic) bond motifs is 1. The van der Waals surface area contributed by atoms with Crippen LogP contribution in [0.15, 0.2) is 18.2 Å². The number of esters is 1. The summed E-state index contributed by atoms with van der Waals surface area (Å²) in [4.78, 5) is 26.5. The minimum Gasteiger partial charge on any atom is -0.496 e. The predicted molar refractivity (Wildman–Crippen MR) is 84.9 cm³/mol. The van der Waals surface area contributed by atoms with Crippen LogP contribution in [0.25, 0.3) is 0 Å². The Hall–Kier alpha value is -1.86. The van der Waals surface area contributed by atoms with Crippen molar-refractivity contribution in [3.63, 3.8) is 0 Å². The molecule has 0 saturated carbocycles. The molecule has 0 aromatic heterocycles. The van der Waals surface area contributed by atoms with Gasteiger partial charge in [0.05, 0.1) is 33.0 Å². The molecule has 24 heavy (non-hydrogen) atoms. The van der Waals surface area contributed by atoms with Gasteiger partial charge in [-0.3, -0.25) is 9.59 Å². The zero-order valence-corrected chi connectivity index (χ0v) is 14.2. The summed E-state index contributed by atoms with van der Waals surface area (Å²) in [5, 5.41) is 0. The highest BCUT2D eigenvalue weighted by Gasteiger charge is 2.57. The summed E-state index contributed by atoms with van der Waals surface area (Å²) >= 11 is 0. The summed E-state index contributed by atoms with van der Waals surface area (Å²) in [6, 6.07) is 3.80. The summed E-state index contributed by atoms with van der Waals surface area (Å²) in [5.41, 5.74) is -0.682. The molecule has 3 rings (SSSR count). The number of hydrogen-bond donors (Lipinski definition) is 0. The van der Waals surface area contributed by atoms with Gasteiger partial charge in [-0.15, -0.1) is 12.4 Å². The highest BCUT2D eigenvalue weighted by molar-refractivity contribution is 5.97. The highest BCUT2D eigenvalue weighted by atomic mass is 35.5. The fraction of sp³-hybridized carbons (Fsp3) is 0.500. The van der Waals surface area contributed by atoms with Crippen molar-refractivity contribution in [3.8, 4) is 5.75 Å². The van der Waals surface area contributed by atoms with Crippen molar-refractivity contribution >= 4 is 24.3 Å². The number of ether oxygens (including phenoxy) is 3. The predicted octanol–water partition coefficient (Wildman–Crippen LogP) is 1.52. The molecule has 0 bridgehead atoms. The lowest BCUT2D eigenvalue weighted by Gasteiger charge is -2.24. The molecule has 0 N–H and O–H groups in total. The summed E-state index contributed by atoms with van der Waals surface area (Å²) in [5.74, 6) is -1.06. The molecule has 2 aliphatic rings. The van der Waals surface area contributed by atoms with Gasteiger partial charge in [0.25, 0.3) is 5.91 Å². The lowest BCUT2D eigenvalue weighted by molar-refractivity contribution is -0.153. The molecule has 1 aromatic rings. The van der Waals surface area contributed by atoms with Crippen LogP contribution < -0.4 is 4.74 Å². The van der Waals surface area contributed by atoms with Gasteiger partial charge in [-0.25, -0.2) is 4.39 Å². The van der Waals surface area contributed by atoms with Crippen LogP contribution in [0.2, 0.25) is 0 Å². The maximum absolute atomic E-state index is 13.5. The Morgan fingerprint density at radius 1 is 1.38 bits per heavy atom. The van der Waals surface area contributed by atoms with Crippen LogP contribution in [0.3, 0.4) is 0 Å². The number of likely N-dealkylation sites (tertiary alicyclic amines) is 1. The van der Waals surface area contributed by atoms with Crippen molar-refractivity contribution in [2.45, 2.75) is 0 Å². The topological polar surface area (TPSA) is 65.1 Å². The Morgan fingerprint density at radius 3 is 2.79 bits per heavy atom. The quantitative estimate of drug-likeness (QED) is 0.766. The molecule has 1 amide bonds. The molecule has 0 aliphatic carbocycles.